The molecule has 1 aliphatic rings. The summed E-state index contributed by atoms with van der Waals surface area (Å²) in [5.41, 5.74) is 0. The number of rotatable bonds is 5. The molecule has 0 aromatic carbocycles. The highest BCUT2D eigenvalue weighted by atomic mass is 16.6. The molecule has 6 heteroatoms. The Labute approximate surface area is 99.3 Å². The van der Waals surface area contributed by atoms with Gasteiger partial charge in [0.2, 0.25) is 5.91 Å². The summed E-state index contributed by atoms with van der Waals surface area (Å²) in [6.07, 6.45) is -0.227. The van der Waals surface area contributed by atoms with Crippen LogP contribution >= 0.6 is 0 Å². The van der Waals surface area contributed by atoms with Gasteiger partial charge in [0.1, 0.15) is 6.04 Å². The van der Waals surface area contributed by atoms with E-state index in [4.69, 9.17) is 9.84 Å². The molecule has 0 bridgehead atoms. The van der Waals surface area contributed by atoms with Crippen LogP contribution in [0, 0.1) is 5.92 Å². The number of amides is 1. The average Bonchev–Trinajstić information content (AvgIpc) is 2.63. The van der Waals surface area contributed by atoms with Crippen molar-refractivity contribution >= 4 is 17.8 Å². The molecule has 1 saturated heterocycles. The highest BCUT2D eigenvalue weighted by Gasteiger charge is 2.32. The Morgan fingerprint density at radius 2 is 2.18 bits per heavy atom. The maximum atomic E-state index is 11.6. The third kappa shape index (κ3) is 4.05. The van der Waals surface area contributed by atoms with Gasteiger partial charge in [-0.2, -0.15) is 0 Å². The van der Waals surface area contributed by atoms with E-state index in [-0.39, 0.29) is 24.7 Å². The van der Waals surface area contributed by atoms with Crippen LogP contribution in [-0.4, -0.2) is 35.1 Å². The van der Waals surface area contributed by atoms with Crippen molar-refractivity contribution in [2.45, 2.75) is 45.3 Å². The van der Waals surface area contributed by atoms with E-state index >= 15 is 0 Å². The second-order valence-corrected chi connectivity index (χ2v) is 4.55. The zero-order chi connectivity index (χ0) is 13.0. The van der Waals surface area contributed by atoms with Crippen LogP contribution in [0.3, 0.4) is 0 Å². The van der Waals surface area contributed by atoms with E-state index in [9.17, 15) is 14.4 Å². The van der Waals surface area contributed by atoms with Crippen LogP contribution in [0.25, 0.3) is 0 Å². The number of esters is 1. The Hall–Kier alpha value is -1.59. The third-order valence-electron chi connectivity index (χ3n) is 2.50. The van der Waals surface area contributed by atoms with Gasteiger partial charge in [-0.3, -0.25) is 4.79 Å². The van der Waals surface area contributed by atoms with Crippen LogP contribution in [-0.2, 0) is 19.1 Å². The molecule has 2 atom stereocenters. The molecule has 17 heavy (non-hydrogen) atoms. The number of hydrogen-bond donors (Lipinski definition) is 2. The molecule has 0 spiro atoms. The molecule has 2 N–H and O–H groups in total. The molecule has 0 aromatic rings. The summed E-state index contributed by atoms with van der Waals surface area (Å²) in [5.74, 6) is -1.91. The lowest BCUT2D eigenvalue weighted by Gasteiger charge is -2.17. The largest absolute Gasteiger partial charge is 0.479 e. The number of ether oxygens (including phenoxy) is 1. The Morgan fingerprint density at radius 3 is 2.59 bits per heavy atom. The lowest BCUT2D eigenvalue weighted by molar-refractivity contribution is -0.166. The van der Waals surface area contributed by atoms with Gasteiger partial charge in [-0.05, 0) is 18.8 Å². The van der Waals surface area contributed by atoms with E-state index in [0.29, 0.717) is 6.42 Å². The maximum Gasteiger partial charge on any atom is 0.345 e. The van der Waals surface area contributed by atoms with Gasteiger partial charge < -0.3 is 15.2 Å². The molecule has 96 valence electrons. The van der Waals surface area contributed by atoms with E-state index in [2.05, 4.69) is 5.32 Å². The number of hydrogen-bond acceptors (Lipinski definition) is 4. The molecule has 0 aliphatic carbocycles. The van der Waals surface area contributed by atoms with Crippen molar-refractivity contribution in [1.29, 1.82) is 0 Å². The summed E-state index contributed by atoms with van der Waals surface area (Å²) in [7, 11) is 0. The standard InChI is InChI=1S/C11H17NO5/c1-6(2)5-8(10(14)15)17-11(16)7-3-4-9(13)12-7/h6-8H,3-5H2,1-2H3,(H,12,13)(H,14,15). The lowest BCUT2D eigenvalue weighted by Crippen LogP contribution is -2.39. The first-order valence-electron chi connectivity index (χ1n) is 5.62. The Bertz CT molecular complexity index is 326. The van der Waals surface area contributed by atoms with Crippen LogP contribution in [0.5, 0.6) is 0 Å². The number of carboxylic acid groups (broad SMARTS) is 1. The van der Waals surface area contributed by atoms with Crippen LogP contribution in [0.4, 0.5) is 0 Å². The zero-order valence-electron chi connectivity index (χ0n) is 9.93. The molecular weight excluding hydrogens is 226 g/mol. The lowest BCUT2D eigenvalue weighted by atomic mass is 10.1. The molecule has 0 radical (unpaired) electrons. The van der Waals surface area contributed by atoms with Gasteiger partial charge in [0.15, 0.2) is 6.10 Å². The van der Waals surface area contributed by atoms with Crippen molar-refractivity contribution in [3.8, 4) is 0 Å². The van der Waals surface area contributed by atoms with Crippen molar-refractivity contribution in [3.05, 3.63) is 0 Å². The van der Waals surface area contributed by atoms with Gasteiger partial charge in [0.25, 0.3) is 0 Å². The molecule has 6 nitrogen and oxygen atoms in total. The first-order chi connectivity index (χ1) is 7.90. The average molecular weight is 243 g/mol. The van der Waals surface area contributed by atoms with Crippen molar-refractivity contribution < 1.29 is 24.2 Å². The minimum absolute atomic E-state index is 0.113. The van der Waals surface area contributed by atoms with Crippen molar-refractivity contribution in [3.63, 3.8) is 0 Å². The quantitative estimate of drug-likeness (QED) is 0.678. The number of carbonyl (C=O) groups excluding carboxylic acids is 2. The van der Waals surface area contributed by atoms with Gasteiger partial charge >= 0.3 is 11.9 Å². The van der Waals surface area contributed by atoms with E-state index in [1.807, 2.05) is 13.8 Å². The summed E-state index contributed by atoms with van der Waals surface area (Å²) in [4.78, 5) is 33.4. The molecule has 1 fully saturated rings. The summed E-state index contributed by atoms with van der Waals surface area (Å²) in [5, 5.41) is 11.3. The predicted octanol–water partition coefficient (Wildman–Crippen LogP) is 0.307. The summed E-state index contributed by atoms with van der Waals surface area (Å²) >= 11 is 0. The first kappa shape index (κ1) is 13.5. The van der Waals surface area contributed by atoms with E-state index < -0.39 is 24.1 Å². The highest BCUT2D eigenvalue weighted by Crippen LogP contribution is 2.13. The molecular formula is C11H17NO5. The van der Waals surface area contributed by atoms with Gasteiger partial charge in [-0.15, -0.1) is 0 Å². The summed E-state index contributed by atoms with van der Waals surface area (Å²) < 4.78 is 4.90. The molecule has 1 amide bonds. The van der Waals surface area contributed by atoms with E-state index in [1.54, 1.807) is 0 Å². The van der Waals surface area contributed by atoms with Gasteiger partial charge in [-0.1, -0.05) is 13.8 Å². The number of aliphatic carboxylic acids is 1. The predicted molar refractivity (Wildman–Crippen MR) is 58.1 cm³/mol. The van der Waals surface area contributed by atoms with Crippen molar-refractivity contribution in [2.24, 2.45) is 5.92 Å². The molecule has 1 heterocycles. The van der Waals surface area contributed by atoms with E-state index in [0.717, 1.165) is 0 Å². The topological polar surface area (TPSA) is 92.7 Å². The van der Waals surface area contributed by atoms with E-state index in [1.165, 1.54) is 0 Å². The fraction of sp³-hybridized carbons (Fsp3) is 0.727. The van der Waals surface area contributed by atoms with Crippen LogP contribution in [0.15, 0.2) is 0 Å². The first-order valence-corrected chi connectivity index (χ1v) is 5.62. The second kappa shape index (κ2) is 5.65. The second-order valence-electron chi connectivity index (χ2n) is 4.55. The zero-order valence-corrected chi connectivity index (χ0v) is 9.93. The molecule has 1 aliphatic heterocycles. The van der Waals surface area contributed by atoms with Crippen LogP contribution < -0.4 is 5.32 Å². The fourth-order valence-electron chi connectivity index (χ4n) is 1.64. The SMILES string of the molecule is CC(C)CC(OC(=O)C1CCC(=O)N1)C(=O)O. The monoisotopic (exact) mass is 243 g/mol. The smallest absolute Gasteiger partial charge is 0.345 e. The van der Waals surface area contributed by atoms with Crippen LogP contribution in [0.2, 0.25) is 0 Å². The highest BCUT2D eigenvalue weighted by molar-refractivity contribution is 5.89. The summed E-state index contributed by atoms with van der Waals surface area (Å²) in [6.45, 7) is 3.70. The molecule has 2 unspecified atom stereocenters. The molecule has 0 aromatic heterocycles. The third-order valence-corrected chi connectivity index (χ3v) is 2.50. The Balaban J connectivity index is 2.52. The normalized spacial score (nSPS) is 21.1. The fourth-order valence-corrected chi connectivity index (χ4v) is 1.64. The van der Waals surface area contributed by atoms with Crippen molar-refractivity contribution in [1.82, 2.24) is 5.32 Å². The minimum Gasteiger partial charge on any atom is -0.479 e. The number of carbonyl (C=O) groups is 3. The minimum atomic E-state index is -1.16. The maximum absolute atomic E-state index is 11.6. The van der Waals surface area contributed by atoms with Gasteiger partial charge in [0, 0.05) is 6.42 Å². The number of carboxylic acids is 1. The van der Waals surface area contributed by atoms with Crippen LogP contribution in [0.1, 0.15) is 33.1 Å². The Kier molecular flexibility index (Phi) is 4.48. The number of nitrogens with one attached hydrogen (secondary N) is 1. The Morgan fingerprint density at radius 1 is 1.53 bits per heavy atom. The molecule has 1 rings (SSSR count). The van der Waals surface area contributed by atoms with Crippen molar-refractivity contribution in [2.75, 3.05) is 0 Å². The van der Waals surface area contributed by atoms with Gasteiger partial charge in [0.05, 0.1) is 0 Å². The molecule has 0 saturated carbocycles. The summed E-state index contributed by atoms with van der Waals surface area (Å²) in [6, 6.07) is -0.698. The van der Waals surface area contributed by atoms with Gasteiger partial charge in [-0.25, -0.2) is 9.59 Å².